The highest BCUT2D eigenvalue weighted by Gasteiger charge is 2.28. The summed E-state index contributed by atoms with van der Waals surface area (Å²) in [5.41, 5.74) is 3.18. The van der Waals surface area contributed by atoms with Crippen molar-refractivity contribution in [2.75, 3.05) is 5.32 Å². The Morgan fingerprint density at radius 1 is 1.06 bits per heavy atom. The minimum absolute atomic E-state index is 0.0667. The van der Waals surface area contributed by atoms with Gasteiger partial charge in [-0.3, -0.25) is 4.79 Å². The average Bonchev–Trinajstić information content (AvgIpc) is 3.62. The van der Waals surface area contributed by atoms with Crippen molar-refractivity contribution in [2.24, 2.45) is 7.05 Å². The maximum Gasteiger partial charge on any atom is 0.255 e. The average molecular weight is 452 g/mol. The van der Waals surface area contributed by atoms with Crippen LogP contribution in [0.1, 0.15) is 24.6 Å². The van der Waals surface area contributed by atoms with Gasteiger partial charge in [-0.2, -0.15) is 0 Å². The molecule has 3 aromatic heterocycles. The van der Waals surface area contributed by atoms with E-state index in [1.54, 1.807) is 30.5 Å². The first-order chi connectivity index (χ1) is 16.5. The number of fused-ring (bicyclic) bond motifs is 1. The van der Waals surface area contributed by atoms with Crippen LogP contribution in [0, 0.1) is 5.82 Å². The van der Waals surface area contributed by atoms with Gasteiger partial charge in [0.05, 0.1) is 11.9 Å². The molecule has 3 heterocycles. The van der Waals surface area contributed by atoms with Crippen LogP contribution in [0.4, 0.5) is 15.9 Å². The van der Waals surface area contributed by atoms with Gasteiger partial charge in [0.1, 0.15) is 5.82 Å². The molecule has 0 amide bonds. The second-order valence-electron chi connectivity index (χ2n) is 8.57. The molecule has 0 radical (unpaired) electrons. The van der Waals surface area contributed by atoms with E-state index < -0.39 is 5.82 Å². The molecule has 0 saturated heterocycles. The maximum absolute atomic E-state index is 14.5. The monoisotopic (exact) mass is 452 g/mol. The molecule has 0 bridgehead atoms. The molecule has 0 unspecified atom stereocenters. The van der Waals surface area contributed by atoms with Crippen molar-refractivity contribution < 1.29 is 4.39 Å². The lowest BCUT2D eigenvalue weighted by molar-refractivity contribution is 0.619. The fraction of sp³-hybridized carbons (Fsp3) is 0.154. The molecule has 8 heteroatoms. The molecule has 1 fully saturated rings. The minimum Gasteiger partial charge on any atom is -0.338 e. The number of nitrogens with one attached hydrogen (secondary N) is 2. The van der Waals surface area contributed by atoms with Crippen molar-refractivity contribution in [1.82, 2.24) is 24.5 Å². The third kappa shape index (κ3) is 3.73. The number of hydrogen-bond acceptors (Lipinski definition) is 5. The van der Waals surface area contributed by atoms with Gasteiger partial charge in [-0.25, -0.2) is 19.3 Å². The highest BCUT2D eigenvalue weighted by Crippen LogP contribution is 2.40. The van der Waals surface area contributed by atoms with Gasteiger partial charge in [-0.15, -0.1) is 0 Å². The Labute approximate surface area is 194 Å². The van der Waals surface area contributed by atoms with Gasteiger partial charge in [0.2, 0.25) is 0 Å². The van der Waals surface area contributed by atoms with E-state index in [-0.39, 0.29) is 11.4 Å². The third-order valence-corrected chi connectivity index (χ3v) is 6.07. The van der Waals surface area contributed by atoms with E-state index in [0.29, 0.717) is 22.8 Å². The predicted molar refractivity (Wildman–Crippen MR) is 129 cm³/mol. The molecule has 2 N–H and O–H groups in total. The standard InChI is InChI=1S/C26H21FN6O/c1-33-14-22(31-25(33)17-6-7-17)15-2-4-16(5-3-15)23-29-13-21(27)24(32-23)30-19-8-9-20-18(12-19)10-11-28-26(20)34/h2-5,8-14,17H,6-7H2,1H3,(H,28,34)(H,29,30,32). The Bertz CT molecular complexity index is 1580. The molecule has 1 aliphatic carbocycles. The Hall–Kier alpha value is -4.33. The van der Waals surface area contributed by atoms with E-state index in [2.05, 4.69) is 31.0 Å². The fourth-order valence-electron chi connectivity index (χ4n) is 4.13. The van der Waals surface area contributed by atoms with Gasteiger partial charge in [0.15, 0.2) is 17.5 Å². The number of hydrogen-bond donors (Lipinski definition) is 2. The number of aromatic amines is 1. The molecule has 0 spiro atoms. The number of aromatic nitrogens is 5. The number of halogens is 1. The topological polar surface area (TPSA) is 88.5 Å². The summed E-state index contributed by atoms with van der Waals surface area (Å²) >= 11 is 0. The highest BCUT2D eigenvalue weighted by atomic mass is 19.1. The van der Waals surface area contributed by atoms with Gasteiger partial charge in [0.25, 0.3) is 5.56 Å². The van der Waals surface area contributed by atoms with E-state index in [9.17, 15) is 9.18 Å². The number of imidazole rings is 1. The van der Waals surface area contributed by atoms with Gasteiger partial charge < -0.3 is 14.9 Å². The third-order valence-electron chi connectivity index (χ3n) is 6.07. The summed E-state index contributed by atoms with van der Waals surface area (Å²) in [5, 5.41) is 4.32. The first kappa shape index (κ1) is 20.3. The zero-order chi connectivity index (χ0) is 23.2. The summed E-state index contributed by atoms with van der Waals surface area (Å²) in [5.74, 6) is 1.63. The molecular formula is C26H21FN6O. The summed E-state index contributed by atoms with van der Waals surface area (Å²) in [6.07, 6.45) is 7.21. The van der Waals surface area contributed by atoms with E-state index in [1.807, 2.05) is 31.3 Å². The highest BCUT2D eigenvalue weighted by molar-refractivity contribution is 5.85. The lowest BCUT2D eigenvalue weighted by Crippen LogP contribution is -2.05. The van der Waals surface area contributed by atoms with E-state index >= 15 is 0 Å². The number of H-pyrrole nitrogens is 1. The van der Waals surface area contributed by atoms with Crippen LogP contribution < -0.4 is 10.9 Å². The normalized spacial score (nSPS) is 13.4. The van der Waals surface area contributed by atoms with Crippen LogP contribution >= 0.6 is 0 Å². The molecule has 2 aromatic carbocycles. The zero-order valence-electron chi connectivity index (χ0n) is 18.4. The van der Waals surface area contributed by atoms with Gasteiger partial charge >= 0.3 is 0 Å². The lowest BCUT2D eigenvalue weighted by atomic mass is 10.1. The van der Waals surface area contributed by atoms with Crippen LogP contribution in [0.2, 0.25) is 0 Å². The smallest absolute Gasteiger partial charge is 0.255 e. The van der Waals surface area contributed by atoms with E-state index in [1.165, 1.54) is 12.8 Å². The van der Waals surface area contributed by atoms with Crippen molar-refractivity contribution in [1.29, 1.82) is 0 Å². The molecule has 0 aliphatic heterocycles. The van der Waals surface area contributed by atoms with Gasteiger partial charge in [-0.05, 0) is 42.5 Å². The first-order valence-electron chi connectivity index (χ1n) is 11.1. The Kier molecular flexibility index (Phi) is 4.72. The molecule has 1 saturated carbocycles. The number of aryl methyl sites for hydroxylation is 1. The van der Waals surface area contributed by atoms with Crippen LogP contribution in [0.5, 0.6) is 0 Å². The molecular weight excluding hydrogens is 431 g/mol. The Morgan fingerprint density at radius 3 is 2.65 bits per heavy atom. The lowest BCUT2D eigenvalue weighted by Gasteiger charge is -2.09. The summed E-state index contributed by atoms with van der Waals surface area (Å²) in [6.45, 7) is 0. The number of pyridine rings is 1. The summed E-state index contributed by atoms with van der Waals surface area (Å²) in [4.78, 5) is 27.9. The van der Waals surface area contributed by atoms with Crippen molar-refractivity contribution in [2.45, 2.75) is 18.8 Å². The Balaban J connectivity index is 1.27. The van der Waals surface area contributed by atoms with Crippen LogP contribution in [-0.4, -0.2) is 24.5 Å². The minimum atomic E-state index is -0.563. The molecule has 6 rings (SSSR count). The molecule has 1 aliphatic rings. The van der Waals surface area contributed by atoms with E-state index in [4.69, 9.17) is 4.98 Å². The van der Waals surface area contributed by atoms with Crippen LogP contribution in [-0.2, 0) is 7.05 Å². The second-order valence-corrected chi connectivity index (χ2v) is 8.57. The Morgan fingerprint density at radius 2 is 1.85 bits per heavy atom. The largest absolute Gasteiger partial charge is 0.338 e. The van der Waals surface area contributed by atoms with E-state index in [0.717, 1.165) is 34.2 Å². The number of rotatable bonds is 5. The predicted octanol–water partition coefficient (Wildman–Crippen LogP) is 5.15. The van der Waals surface area contributed by atoms with Gasteiger partial charge in [-0.1, -0.05) is 24.3 Å². The second kappa shape index (κ2) is 7.91. The zero-order valence-corrected chi connectivity index (χ0v) is 18.4. The number of benzene rings is 2. The molecule has 168 valence electrons. The molecule has 34 heavy (non-hydrogen) atoms. The first-order valence-corrected chi connectivity index (χ1v) is 11.1. The summed E-state index contributed by atoms with van der Waals surface area (Å²) < 4.78 is 16.6. The maximum atomic E-state index is 14.5. The molecule has 5 aromatic rings. The quantitative estimate of drug-likeness (QED) is 0.385. The number of nitrogens with zero attached hydrogens (tertiary/aromatic N) is 4. The molecule has 0 atom stereocenters. The SMILES string of the molecule is Cn1cc(-c2ccc(-c3ncc(F)c(Nc4ccc5c(=O)[nH]ccc5c4)n3)cc2)nc1C1CC1. The van der Waals surface area contributed by atoms with Crippen LogP contribution in [0.15, 0.2) is 71.9 Å². The van der Waals surface area contributed by atoms with Crippen LogP contribution in [0.3, 0.4) is 0 Å². The van der Waals surface area contributed by atoms with Crippen LogP contribution in [0.25, 0.3) is 33.4 Å². The summed E-state index contributed by atoms with van der Waals surface area (Å²) in [7, 11) is 2.03. The fourth-order valence-corrected chi connectivity index (χ4v) is 4.13. The van der Waals surface area contributed by atoms with Gasteiger partial charge in [0, 0.05) is 47.6 Å². The van der Waals surface area contributed by atoms with Crippen molar-refractivity contribution in [3.63, 3.8) is 0 Å². The van der Waals surface area contributed by atoms with Crippen molar-refractivity contribution >= 4 is 22.3 Å². The van der Waals surface area contributed by atoms with Crippen molar-refractivity contribution in [3.8, 4) is 22.6 Å². The van der Waals surface area contributed by atoms with Crippen molar-refractivity contribution in [3.05, 3.63) is 89.1 Å². The number of anilines is 2. The summed E-state index contributed by atoms with van der Waals surface area (Å²) in [6, 6.07) is 14.8. The molecule has 7 nitrogen and oxygen atoms in total.